The Hall–Kier alpha value is -11.8. The van der Waals surface area contributed by atoms with Crippen LogP contribution in [0, 0.1) is 55.4 Å². The van der Waals surface area contributed by atoms with Gasteiger partial charge in [-0.1, -0.05) is 0 Å². The number of aryl methyl sites for hydroxylation is 9. The van der Waals surface area contributed by atoms with Crippen LogP contribution in [0.2, 0.25) is 0 Å². The van der Waals surface area contributed by atoms with Crippen molar-refractivity contribution in [3.05, 3.63) is 189 Å². The highest BCUT2D eigenvalue weighted by Crippen LogP contribution is 2.60. The van der Waals surface area contributed by atoms with Gasteiger partial charge in [-0.05, 0) is 176 Å². The van der Waals surface area contributed by atoms with Gasteiger partial charge >= 0.3 is 38.4 Å². The Balaban J connectivity index is 0.000000185. The molecule has 4 aromatic heterocycles. The average Bonchev–Trinajstić information content (AvgIpc) is 1.67. The lowest BCUT2D eigenvalue weighted by Crippen LogP contribution is -2.33. The topological polar surface area (TPSA) is 697 Å². The largest absolute Gasteiger partial charge is 0.481 e. The Labute approximate surface area is 681 Å². The molecule has 0 bridgehead atoms. The third-order valence-electron chi connectivity index (χ3n) is 18.0. The van der Waals surface area contributed by atoms with Crippen molar-refractivity contribution < 1.29 is 83.0 Å². The summed E-state index contributed by atoms with van der Waals surface area (Å²) in [5.74, 6) is 0.751. The molecule has 0 aliphatic carbocycles. The van der Waals surface area contributed by atoms with Gasteiger partial charge in [-0.2, -0.15) is 19.3 Å². The van der Waals surface area contributed by atoms with Crippen LogP contribution in [0.5, 0.6) is 0 Å². The number of nitrogen functional groups attached to an aromatic ring is 1. The molecule has 7 aliphatic rings. The number of aliphatic hydroxyl groups is 9. The molecule has 48 heteroatoms. The van der Waals surface area contributed by atoms with Gasteiger partial charge < -0.3 is 79.9 Å². The van der Waals surface area contributed by atoms with Crippen LogP contribution in [0.1, 0.15) is 78.4 Å². The van der Waals surface area contributed by atoms with Crippen LogP contribution >= 0.6 is 15.6 Å². The van der Waals surface area contributed by atoms with Gasteiger partial charge in [-0.3, -0.25) is 57.7 Å². The number of phosphoric acid groups is 2. The lowest BCUT2D eigenvalue weighted by atomic mass is 10.1. The molecule has 10 atom stereocenters. The third-order valence-corrected chi connectivity index (χ3v) is 20.6. The number of nitrogens with zero attached hydrogens (tertiary/aromatic N) is 15. The molecular formula is C73H91N21O25P2. The Morgan fingerprint density at radius 3 is 1.34 bits per heavy atom. The fraction of sp³-hybridized carbons (Fsp3) is 0.384. The number of hydrogen-bond donors (Lipinski definition) is 17. The fourth-order valence-electron chi connectivity index (χ4n) is 11.7. The van der Waals surface area contributed by atoms with Gasteiger partial charge in [0.15, 0.2) is 63.4 Å². The number of H-pyrrole nitrogens is 5. The van der Waals surface area contributed by atoms with Gasteiger partial charge in [-0.15, -0.1) is 0 Å². The molecule has 18 N–H and O–H groups in total. The number of benzene rings is 4. The predicted molar refractivity (Wildman–Crippen MR) is 439 cm³/mol. The molecule has 7 unspecified atom stereocenters. The van der Waals surface area contributed by atoms with Gasteiger partial charge in [0, 0.05) is 21.3 Å². The maximum atomic E-state index is 12.0. The number of nitrogens with two attached hydrogens (primary N) is 1. The van der Waals surface area contributed by atoms with Crippen molar-refractivity contribution >= 4 is 87.9 Å². The summed E-state index contributed by atoms with van der Waals surface area (Å²) in [6, 6.07) is 15.3. The van der Waals surface area contributed by atoms with Crippen LogP contribution < -0.4 is 50.7 Å². The second-order valence-electron chi connectivity index (χ2n) is 27.6. The van der Waals surface area contributed by atoms with E-state index in [1.165, 1.54) is 31.1 Å². The fourth-order valence-corrected chi connectivity index (χ4v) is 13.9. The summed E-state index contributed by atoms with van der Waals surface area (Å²) < 4.78 is 48.4. The number of phosphoric ester groups is 2. The highest BCUT2D eigenvalue weighted by atomic mass is 31.3. The minimum Gasteiger partial charge on any atom is -0.400 e. The molecule has 8 aromatic rings. The lowest BCUT2D eigenvalue weighted by molar-refractivity contribution is -0.0504. The van der Waals surface area contributed by atoms with Gasteiger partial charge in [0.25, 0.3) is 22.2 Å². The van der Waals surface area contributed by atoms with Crippen LogP contribution in [-0.2, 0) is 47.4 Å². The van der Waals surface area contributed by atoms with Crippen LogP contribution in [0.4, 0.5) is 5.82 Å². The molecule has 46 nitrogen and oxygen atoms in total. The molecule has 0 radical (unpaired) electrons. The average molecular weight is 1720 g/mol. The van der Waals surface area contributed by atoms with Crippen LogP contribution in [0.25, 0.3) is 101 Å². The molecular weight excluding hydrogens is 1630 g/mol. The molecule has 11 heterocycles. The molecule has 0 saturated carbocycles. The smallest absolute Gasteiger partial charge is 0.400 e. The number of nitrogens with one attached hydrogen (secondary N) is 5. The number of imidazole rings is 1. The number of fused-ring (bicyclic) bond motifs is 9. The van der Waals surface area contributed by atoms with Gasteiger partial charge in [-0.25, -0.2) is 68.2 Å². The molecule has 648 valence electrons. The van der Waals surface area contributed by atoms with E-state index in [0.717, 1.165) is 75.3 Å². The first-order valence-corrected chi connectivity index (χ1v) is 39.4. The maximum Gasteiger partial charge on any atom is 0.481 e. The van der Waals surface area contributed by atoms with Gasteiger partial charge in [0.1, 0.15) is 30.2 Å². The van der Waals surface area contributed by atoms with Crippen molar-refractivity contribution in [3.63, 3.8) is 0 Å². The van der Waals surface area contributed by atoms with E-state index < -0.39 is 123 Å². The van der Waals surface area contributed by atoms with E-state index in [1.54, 1.807) is 34.6 Å². The number of aromatic amines is 5. The molecule has 0 spiro atoms. The molecule has 0 amide bonds. The van der Waals surface area contributed by atoms with Gasteiger partial charge in [0.2, 0.25) is 0 Å². The number of rotatable bonds is 14. The normalized spacial score (nSPS) is 16.3. The summed E-state index contributed by atoms with van der Waals surface area (Å²) in [5.41, 5.74) is 16.2. The van der Waals surface area contributed by atoms with E-state index in [1.807, 2.05) is 104 Å². The monoisotopic (exact) mass is 1720 g/mol. The Bertz CT molecular complexity index is 6460. The van der Waals surface area contributed by atoms with Crippen molar-refractivity contribution in [2.45, 2.75) is 145 Å². The number of ether oxygens (including phenoxy) is 1. The third kappa shape index (κ3) is 22.8. The highest BCUT2D eigenvalue weighted by Gasteiger charge is 2.46. The zero-order chi connectivity index (χ0) is 89.9. The predicted octanol–water partition coefficient (Wildman–Crippen LogP) is -0.0850. The van der Waals surface area contributed by atoms with E-state index in [2.05, 4.69) is 93.1 Å². The van der Waals surface area contributed by atoms with Gasteiger partial charge in [0.05, 0.1) is 108 Å². The molecule has 15 rings (SSSR count). The molecule has 4 aromatic carbocycles. The quantitative estimate of drug-likeness (QED) is 0.0500. The SMILES string of the molecule is CC(O)CO.CC(O)COP(=O)(O)OP(=O)(O)OC[C@H]1O[C@@H](n2cnc3c(N)ncnc32)C(O)[C@H]1O.CO.CO.Cc1cc2nc3[nH]c(=O)[nH]c(=O)c3nc2cc1C.Cc1cc2nc3c(=O)[nH]c(=O)nc-3n(C)c2cc1C.Cc1cc2nc3c(=O)[nH]c(=O)nc-3n(CC(C)O)c2cc1C.Cc1cc2nc3c(=O)[nH]c(=O)nc-3n(CC(C)O)c2cc1C. The van der Waals surface area contributed by atoms with Crippen LogP contribution in [0.3, 0.4) is 0 Å². The summed E-state index contributed by atoms with van der Waals surface area (Å²) in [6.45, 7) is 20.7. The van der Waals surface area contributed by atoms with Crippen molar-refractivity contribution in [2.24, 2.45) is 7.05 Å². The summed E-state index contributed by atoms with van der Waals surface area (Å²) in [4.78, 5) is 168. The summed E-state index contributed by atoms with van der Waals surface area (Å²) in [7, 11) is -6.41. The zero-order valence-electron chi connectivity index (χ0n) is 67.7. The van der Waals surface area contributed by atoms with Crippen LogP contribution in [-0.4, -0.2) is 231 Å². The van der Waals surface area contributed by atoms with E-state index in [-0.39, 0.29) is 76.6 Å². The Kier molecular flexibility index (Phi) is 31.3. The second-order valence-corrected chi connectivity index (χ2v) is 30.6. The van der Waals surface area contributed by atoms with E-state index in [9.17, 15) is 77.7 Å². The second kappa shape index (κ2) is 40.1. The highest BCUT2D eigenvalue weighted by molar-refractivity contribution is 7.61. The molecule has 121 heavy (non-hydrogen) atoms. The first-order valence-electron chi connectivity index (χ1n) is 36.4. The van der Waals surface area contributed by atoms with Crippen molar-refractivity contribution in [1.82, 2.24) is 98.0 Å². The van der Waals surface area contributed by atoms with E-state index in [0.29, 0.717) is 33.4 Å². The number of aromatic nitrogens is 20. The Morgan fingerprint density at radius 1 is 0.488 bits per heavy atom. The lowest BCUT2D eigenvalue weighted by Gasteiger charge is -2.19. The van der Waals surface area contributed by atoms with Crippen molar-refractivity contribution in [1.29, 1.82) is 0 Å². The first-order chi connectivity index (χ1) is 56.9. The minimum absolute atomic E-state index is 0.0845. The summed E-state index contributed by atoms with van der Waals surface area (Å²) >= 11 is 0. The molecule has 1 saturated heterocycles. The Morgan fingerprint density at radius 2 is 0.893 bits per heavy atom. The van der Waals surface area contributed by atoms with Crippen molar-refractivity contribution in [3.8, 4) is 34.6 Å². The number of anilines is 1. The number of hydrogen-bond acceptors (Lipinski definition) is 35. The zero-order valence-corrected chi connectivity index (χ0v) is 69.5. The van der Waals surface area contributed by atoms with Crippen LogP contribution in [0.15, 0.2) is 99.5 Å². The molecule has 1 fully saturated rings. The summed E-state index contributed by atoms with van der Waals surface area (Å²) in [6.07, 6.45) is -6.22. The standard InChI is InChI=1S/2C15H16N4O3.C13H21N5O11P2.C13H12N4O2.C12H10N4O2.C3H8O2.2CH4O/c2*1-7-4-10-11(5-8(7)2)19(6-9(3)20)13-12(16-10)14(21)18-15(22)17-13;1-6(19)2-26-30(22,23)29-31(24,25)27-3-7-9(20)10(21)13(28-7)18-5-17-8-11(14)15-4-16-12(8)18;1-6-4-8-9(5-7(6)2)17(3)11-10(14-8)12(18)16-13(19)15-11;1-5-3-7-8(4-6(5)2)14-10-9(13-7)11(17)16-12(18)15-10;1-3(5)2-4;2*1-2/h2*4-5,9,20H,6H2,1-3H3,(H,18,21,22);4-7,9-10,13,19-21H,2-3H2,1H3,(H,22,23)(H,24,25)(H2,14,15,16);4-5H,1-3H3,(H,16,18,19);3-4H,1-2H3,(H2,14,15,16,17,18);3-5H,2H2,1H3;2*2H,1H3/t;;6?,7-,9+,10?,13-;;;;;/m..1...../s1. The maximum absolute atomic E-state index is 12.0. The first kappa shape index (κ1) is 94.7. The number of aliphatic hydroxyl groups excluding tert-OH is 9. The van der Waals surface area contributed by atoms with Crippen molar-refractivity contribution in [2.75, 3.05) is 39.8 Å². The summed E-state index contributed by atoms with van der Waals surface area (Å²) in [5, 5.41) is 79.1. The van der Waals surface area contributed by atoms with E-state index >= 15 is 0 Å². The van der Waals surface area contributed by atoms with E-state index in [4.69, 9.17) is 36.0 Å². The minimum atomic E-state index is -5.15. The molecule has 7 aliphatic heterocycles.